The number of halogens is 1. The Morgan fingerprint density at radius 1 is 1.83 bits per heavy atom. The summed E-state index contributed by atoms with van der Waals surface area (Å²) in [7, 11) is 0. The van der Waals surface area contributed by atoms with Gasteiger partial charge >= 0.3 is 0 Å². The highest BCUT2D eigenvalue weighted by atomic mass is 35.5. The van der Waals surface area contributed by atoms with Crippen LogP contribution in [0, 0.1) is 0 Å². The number of rotatable bonds is 3. The van der Waals surface area contributed by atoms with Crippen LogP contribution in [0.1, 0.15) is 24.3 Å². The van der Waals surface area contributed by atoms with Crippen LogP contribution in [0.15, 0.2) is 23.6 Å². The van der Waals surface area contributed by atoms with Gasteiger partial charge in [0.25, 0.3) is 0 Å². The molecule has 0 fully saturated rings. The molecule has 0 saturated carbocycles. The largest absolute Gasteiger partial charge is 0.387 e. The van der Waals surface area contributed by atoms with Crippen LogP contribution in [-0.2, 0) is 0 Å². The quantitative estimate of drug-likeness (QED) is 0.745. The Labute approximate surface area is 81.3 Å². The lowest BCUT2D eigenvalue weighted by Crippen LogP contribution is -1.94. The molecule has 0 aliphatic rings. The van der Waals surface area contributed by atoms with E-state index in [1.807, 2.05) is 12.3 Å². The molecule has 1 aromatic heterocycles. The SMILES string of the molecule is C=C(C)CC(O)c1sccc1Cl. The summed E-state index contributed by atoms with van der Waals surface area (Å²) in [4.78, 5) is 0.833. The molecule has 1 aromatic rings. The molecule has 0 aliphatic carbocycles. The van der Waals surface area contributed by atoms with E-state index < -0.39 is 6.10 Å². The van der Waals surface area contributed by atoms with Gasteiger partial charge in [0.15, 0.2) is 0 Å². The Hall–Kier alpha value is -0.310. The first-order valence-corrected chi connectivity index (χ1v) is 4.92. The van der Waals surface area contributed by atoms with Crippen molar-refractivity contribution < 1.29 is 5.11 Å². The molecular weight excluding hydrogens is 192 g/mol. The maximum absolute atomic E-state index is 9.63. The Balaban J connectivity index is 2.71. The number of hydrogen-bond donors (Lipinski definition) is 1. The van der Waals surface area contributed by atoms with Crippen LogP contribution in [0.25, 0.3) is 0 Å². The summed E-state index contributed by atoms with van der Waals surface area (Å²) in [5, 5.41) is 12.1. The maximum Gasteiger partial charge on any atom is 0.0933 e. The topological polar surface area (TPSA) is 20.2 Å². The van der Waals surface area contributed by atoms with Crippen molar-refractivity contribution in [1.82, 2.24) is 0 Å². The molecule has 0 bridgehead atoms. The summed E-state index contributed by atoms with van der Waals surface area (Å²) in [5.74, 6) is 0. The molecule has 0 radical (unpaired) electrons. The van der Waals surface area contributed by atoms with E-state index in [9.17, 15) is 5.11 Å². The zero-order valence-electron chi connectivity index (χ0n) is 6.88. The number of aliphatic hydroxyl groups excluding tert-OH is 1. The van der Waals surface area contributed by atoms with Crippen LogP contribution in [-0.4, -0.2) is 5.11 Å². The third-order valence-corrected chi connectivity index (χ3v) is 2.95. The van der Waals surface area contributed by atoms with Gasteiger partial charge in [0.1, 0.15) is 0 Å². The van der Waals surface area contributed by atoms with E-state index >= 15 is 0 Å². The average Bonchev–Trinajstić information content (AvgIpc) is 2.33. The van der Waals surface area contributed by atoms with Gasteiger partial charge < -0.3 is 5.11 Å². The molecule has 0 aliphatic heterocycles. The first-order chi connectivity index (χ1) is 5.61. The Kier molecular flexibility index (Phi) is 3.32. The lowest BCUT2D eigenvalue weighted by molar-refractivity contribution is 0.182. The molecule has 1 N–H and O–H groups in total. The average molecular weight is 203 g/mol. The van der Waals surface area contributed by atoms with Gasteiger partial charge in [-0.25, -0.2) is 0 Å². The molecule has 0 saturated heterocycles. The van der Waals surface area contributed by atoms with Crippen LogP contribution >= 0.6 is 22.9 Å². The van der Waals surface area contributed by atoms with Crippen molar-refractivity contribution in [2.24, 2.45) is 0 Å². The molecule has 1 rings (SSSR count). The van der Waals surface area contributed by atoms with Gasteiger partial charge in [-0.15, -0.1) is 17.9 Å². The van der Waals surface area contributed by atoms with Crippen molar-refractivity contribution in [1.29, 1.82) is 0 Å². The monoisotopic (exact) mass is 202 g/mol. The minimum Gasteiger partial charge on any atom is -0.387 e. The van der Waals surface area contributed by atoms with Gasteiger partial charge in [-0.2, -0.15) is 0 Å². The lowest BCUT2D eigenvalue weighted by Gasteiger charge is -2.08. The first kappa shape index (κ1) is 9.78. The summed E-state index contributed by atoms with van der Waals surface area (Å²) in [6, 6.07) is 1.79. The molecule has 0 aromatic carbocycles. The van der Waals surface area contributed by atoms with E-state index in [-0.39, 0.29) is 0 Å². The fourth-order valence-corrected chi connectivity index (χ4v) is 2.14. The van der Waals surface area contributed by atoms with Gasteiger partial charge in [0, 0.05) is 0 Å². The molecule has 12 heavy (non-hydrogen) atoms. The van der Waals surface area contributed by atoms with Crippen molar-refractivity contribution in [3.63, 3.8) is 0 Å². The molecule has 66 valence electrons. The standard InChI is InChI=1S/C9H11ClOS/c1-6(2)5-8(11)9-7(10)3-4-12-9/h3-4,8,11H,1,5H2,2H3. The maximum atomic E-state index is 9.63. The molecule has 0 spiro atoms. The van der Waals surface area contributed by atoms with E-state index in [2.05, 4.69) is 6.58 Å². The molecule has 1 nitrogen and oxygen atoms in total. The van der Waals surface area contributed by atoms with Crippen LogP contribution in [0.5, 0.6) is 0 Å². The lowest BCUT2D eigenvalue weighted by atomic mass is 10.1. The van der Waals surface area contributed by atoms with E-state index in [1.54, 1.807) is 6.07 Å². The van der Waals surface area contributed by atoms with Gasteiger partial charge in [-0.3, -0.25) is 0 Å². The number of aliphatic hydroxyl groups is 1. The van der Waals surface area contributed by atoms with Gasteiger partial charge in [-0.1, -0.05) is 17.2 Å². The normalized spacial score (nSPS) is 12.9. The fourth-order valence-electron chi connectivity index (χ4n) is 0.966. The van der Waals surface area contributed by atoms with Crippen LogP contribution in [0.2, 0.25) is 5.02 Å². The smallest absolute Gasteiger partial charge is 0.0933 e. The highest BCUT2D eigenvalue weighted by Crippen LogP contribution is 2.31. The van der Waals surface area contributed by atoms with Crippen LogP contribution in [0.4, 0.5) is 0 Å². The third kappa shape index (κ3) is 2.34. The molecule has 3 heteroatoms. The van der Waals surface area contributed by atoms with E-state index in [0.29, 0.717) is 11.4 Å². The molecule has 1 heterocycles. The van der Waals surface area contributed by atoms with E-state index in [1.165, 1.54) is 11.3 Å². The highest BCUT2D eigenvalue weighted by molar-refractivity contribution is 7.10. The minimum atomic E-state index is -0.491. The van der Waals surface area contributed by atoms with Gasteiger partial charge in [0.2, 0.25) is 0 Å². The summed E-state index contributed by atoms with van der Waals surface area (Å²) in [6.45, 7) is 5.63. The van der Waals surface area contributed by atoms with Crippen molar-refractivity contribution in [2.45, 2.75) is 19.4 Å². The Morgan fingerprint density at radius 2 is 2.50 bits per heavy atom. The van der Waals surface area contributed by atoms with E-state index in [4.69, 9.17) is 11.6 Å². The van der Waals surface area contributed by atoms with Gasteiger partial charge in [0.05, 0.1) is 16.0 Å². The Morgan fingerprint density at radius 3 is 2.92 bits per heavy atom. The fraction of sp³-hybridized carbons (Fsp3) is 0.333. The van der Waals surface area contributed by atoms with Crippen LogP contribution in [0.3, 0.4) is 0 Å². The van der Waals surface area contributed by atoms with Crippen molar-refractivity contribution >= 4 is 22.9 Å². The predicted octanol–water partition coefficient (Wildman–Crippen LogP) is 3.40. The zero-order chi connectivity index (χ0) is 9.14. The summed E-state index contributed by atoms with van der Waals surface area (Å²) in [5.41, 5.74) is 0.965. The second-order valence-electron chi connectivity index (χ2n) is 2.81. The molecular formula is C9H11ClOS. The second kappa shape index (κ2) is 4.08. The third-order valence-electron chi connectivity index (χ3n) is 1.49. The Bertz CT molecular complexity index is 280. The summed E-state index contributed by atoms with van der Waals surface area (Å²) in [6.07, 6.45) is 0.0928. The first-order valence-electron chi connectivity index (χ1n) is 3.66. The van der Waals surface area contributed by atoms with Crippen LogP contribution < -0.4 is 0 Å². The minimum absolute atomic E-state index is 0.491. The van der Waals surface area contributed by atoms with Gasteiger partial charge in [-0.05, 0) is 24.8 Å². The molecule has 1 atom stereocenters. The molecule has 0 amide bonds. The predicted molar refractivity (Wildman–Crippen MR) is 53.7 cm³/mol. The summed E-state index contributed by atoms with van der Waals surface area (Å²) >= 11 is 7.32. The van der Waals surface area contributed by atoms with Crippen molar-refractivity contribution in [3.05, 3.63) is 33.5 Å². The van der Waals surface area contributed by atoms with Crippen molar-refractivity contribution in [2.75, 3.05) is 0 Å². The summed E-state index contributed by atoms with van der Waals surface area (Å²) < 4.78 is 0. The second-order valence-corrected chi connectivity index (χ2v) is 4.16. The number of thiophene rings is 1. The highest BCUT2D eigenvalue weighted by Gasteiger charge is 2.12. The van der Waals surface area contributed by atoms with Crippen molar-refractivity contribution in [3.8, 4) is 0 Å². The van der Waals surface area contributed by atoms with E-state index in [0.717, 1.165) is 10.5 Å². The molecule has 1 unspecified atom stereocenters. The number of hydrogen-bond acceptors (Lipinski definition) is 2. The zero-order valence-corrected chi connectivity index (χ0v) is 8.45.